The van der Waals surface area contributed by atoms with Gasteiger partial charge in [-0.1, -0.05) is 20.3 Å². The van der Waals surface area contributed by atoms with Gasteiger partial charge in [0.05, 0.1) is 0 Å². The summed E-state index contributed by atoms with van der Waals surface area (Å²) in [6, 6.07) is 0.773. The molecule has 1 nitrogen and oxygen atoms in total. The largest absolute Gasteiger partial charge is 0.314 e. The molecule has 0 bridgehead atoms. The van der Waals surface area contributed by atoms with E-state index >= 15 is 0 Å². The van der Waals surface area contributed by atoms with Gasteiger partial charge in [0.1, 0.15) is 0 Å². The van der Waals surface area contributed by atoms with Crippen LogP contribution in [0.25, 0.3) is 0 Å². The fourth-order valence-electron chi connectivity index (χ4n) is 2.08. The van der Waals surface area contributed by atoms with Crippen LogP contribution in [-0.4, -0.2) is 24.1 Å². The molecular formula is C12H25NS. The average molecular weight is 215 g/mol. The topological polar surface area (TPSA) is 12.0 Å². The minimum Gasteiger partial charge on any atom is -0.314 e. The van der Waals surface area contributed by atoms with E-state index in [0.29, 0.717) is 0 Å². The zero-order valence-corrected chi connectivity index (χ0v) is 10.5. The van der Waals surface area contributed by atoms with E-state index in [9.17, 15) is 0 Å². The van der Waals surface area contributed by atoms with Gasteiger partial charge in [-0.05, 0) is 49.7 Å². The summed E-state index contributed by atoms with van der Waals surface area (Å²) in [5, 5.41) is 3.73. The maximum absolute atomic E-state index is 3.73. The number of thioether (sulfide) groups is 1. The Balaban J connectivity index is 2.10. The van der Waals surface area contributed by atoms with Crippen LogP contribution in [0, 0.1) is 5.92 Å². The SMILES string of the molecule is CCCC(CC)NCC1CCSCC1. The highest BCUT2D eigenvalue weighted by Crippen LogP contribution is 2.22. The van der Waals surface area contributed by atoms with Gasteiger partial charge < -0.3 is 5.32 Å². The summed E-state index contributed by atoms with van der Waals surface area (Å²) in [7, 11) is 0. The third-order valence-corrected chi connectivity index (χ3v) is 4.21. The van der Waals surface area contributed by atoms with Gasteiger partial charge in [-0.3, -0.25) is 0 Å². The molecule has 1 saturated heterocycles. The molecule has 0 radical (unpaired) electrons. The van der Waals surface area contributed by atoms with Crippen molar-refractivity contribution in [2.75, 3.05) is 18.1 Å². The molecule has 0 aromatic heterocycles. The zero-order valence-electron chi connectivity index (χ0n) is 9.72. The molecule has 1 rings (SSSR count). The van der Waals surface area contributed by atoms with E-state index < -0.39 is 0 Å². The van der Waals surface area contributed by atoms with Crippen molar-refractivity contribution >= 4 is 11.8 Å². The highest BCUT2D eigenvalue weighted by atomic mass is 32.2. The Labute approximate surface area is 93.4 Å². The van der Waals surface area contributed by atoms with Crippen LogP contribution in [-0.2, 0) is 0 Å². The Kier molecular flexibility index (Phi) is 6.70. The highest BCUT2D eigenvalue weighted by molar-refractivity contribution is 7.99. The Morgan fingerprint density at radius 2 is 2.00 bits per heavy atom. The lowest BCUT2D eigenvalue weighted by molar-refractivity contribution is 0.386. The monoisotopic (exact) mass is 215 g/mol. The Morgan fingerprint density at radius 1 is 1.29 bits per heavy atom. The molecule has 1 aliphatic heterocycles. The van der Waals surface area contributed by atoms with Crippen LogP contribution in [0.2, 0.25) is 0 Å². The standard InChI is InChI=1S/C12H25NS/c1-3-5-12(4-2)13-10-11-6-8-14-9-7-11/h11-13H,3-10H2,1-2H3. The quantitative estimate of drug-likeness (QED) is 0.729. The second-order valence-corrected chi connectivity index (χ2v) is 5.58. The van der Waals surface area contributed by atoms with Crippen LogP contribution >= 0.6 is 11.8 Å². The molecule has 2 heteroatoms. The van der Waals surface area contributed by atoms with E-state index in [-0.39, 0.29) is 0 Å². The second-order valence-electron chi connectivity index (χ2n) is 4.36. The van der Waals surface area contributed by atoms with Crippen molar-refractivity contribution in [2.45, 2.75) is 52.0 Å². The van der Waals surface area contributed by atoms with E-state index in [4.69, 9.17) is 0 Å². The van der Waals surface area contributed by atoms with Gasteiger partial charge >= 0.3 is 0 Å². The van der Waals surface area contributed by atoms with Crippen molar-refractivity contribution in [3.05, 3.63) is 0 Å². The summed E-state index contributed by atoms with van der Waals surface area (Å²) in [6.45, 7) is 5.84. The van der Waals surface area contributed by atoms with Crippen molar-refractivity contribution < 1.29 is 0 Å². The molecule has 0 saturated carbocycles. The predicted molar refractivity (Wildman–Crippen MR) is 67.0 cm³/mol. The van der Waals surface area contributed by atoms with E-state index in [0.717, 1.165) is 12.0 Å². The molecule has 1 aliphatic rings. The molecule has 84 valence electrons. The van der Waals surface area contributed by atoms with Crippen molar-refractivity contribution in [2.24, 2.45) is 5.92 Å². The molecule has 1 N–H and O–H groups in total. The summed E-state index contributed by atoms with van der Waals surface area (Å²) in [6.07, 6.45) is 6.81. The Morgan fingerprint density at radius 3 is 2.57 bits per heavy atom. The van der Waals surface area contributed by atoms with Crippen molar-refractivity contribution in [1.29, 1.82) is 0 Å². The fraction of sp³-hybridized carbons (Fsp3) is 1.00. The van der Waals surface area contributed by atoms with E-state index in [1.54, 1.807) is 0 Å². The molecule has 14 heavy (non-hydrogen) atoms. The third kappa shape index (κ3) is 4.70. The van der Waals surface area contributed by atoms with E-state index in [2.05, 4.69) is 30.9 Å². The number of hydrogen-bond acceptors (Lipinski definition) is 2. The molecule has 0 amide bonds. The van der Waals surface area contributed by atoms with Crippen molar-refractivity contribution in [3.8, 4) is 0 Å². The first kappa shape index (κ1) is 12.4. The maximum Gasteiger partial charge on any atom is 0.00644 e. The van der Waals surface area contributed by atoms with Crippen LogP contribution in [0.1, 0.15) is 46.0 Å². The van der Waals surface area contributed by atoms with E-state index in [1.807, 2.05) is 0 Å². The van der Waals surface area contributed by atoms with Gasteiger partial charge in [-0.15, -0.1) is 0 Å². The van der Waals surface area contributed by atoms with Crippen molar-refractivity contribution in [1.82, 2.24) is 5.32 Å². The van der Waals surface area contributed by atoms with E-state index in [1.165, 1.54) is 50.2 Å². The zero-order chi connectivity index (χ0) is 10.2. The molecule has 1 heterocycles. The summed E-state index contributed by atoms with van der Waals surface area (Å²) in [5.41, 5.74) is 0. The summed E-state index contributed by atoms with van der Waals surface area (Å²) >= 11 is 2.12. The highest BCUT2D eigenvalue weighted by Gasteiger charge is 2.14. The fourth-order valence-corrected chi connectivity index (χ4v) is 3.29. The smallest absolute Gasteiger partial charge is 0.00644 e. The lowest BCUT2D eigenvalue weighted by Crippen LogP contribution is -2.34. The number of rotatable bonds is 6. The molecule has 1 atom stereocenters. The normalized spacial score (nSPS) is 21.0. The molecule has 1 unspecified atom stereocenters. The van der Waals surface area contributed by atoms with Gasteiger partial charge in [0.15, 0.2) is 0 Å². The third-order valence-electron chi connectivity index (χ3n) is 3.17. The predicted octanol–water partition coefficient (Wildman–Crippen LogP) is 3.30. The lowest BCUT2D eigenvalue weighted by Gasteiger charge is -2.24. The average Bonchev–Trinajstić information content (AvgIpc) is 2.25. The van der Waals surface area contributed by atoms with Crippen LogP contribution in [0.15, 0.2) is 0 Å². The second kappa shape index (κ2) is 7.58. The van der Waals surface area contributed by atoms with Crippen LogP contribution in [0.5, 0.6) is 0 Å². The first-order valence-electron chi connectivity index (χ1n) is 6.18. The van der Waals surface area contributed by atoms with Gasteiger partial charge in [-0.25, -0.2) is 0 Å². The van der Waals surface area contributed by atoms with Crippen LogP contribution < -0.4 is 5.32 Å². The molecule has 0 aromatic carbocycles. The maximum atomic E-state index is 3.73. The first-order chi connectivity index (χ1) is 6.86. The molecule has 0 aromatic rings. The Bertz CT molecular complexity index is 128. The van der Waals surface area contributed by atoms with Crippen LogP contribution in [0.4, 0.5) is 0 Å². The number of nitrogens with one attached hydrogen (secondary N) is 1. The van der Waals surface area contributed by atoms with Gasteiger partial charge in [0, 0.05) is 6.04 Å². The molecule has 0 spiro atoms. The Hall–Kier alpha value is 0.310. The first-order valence-corrected chi connectivity index (χ1v) is 7.33. The van der Waals surface area contributed by atoms with Crippen molar-refractivity contribution in [3.63, 3.8) is 0 Å². The summed E-state index contributed by atoms with van der Waals surface area (Å²) in [5.74, 6) is 3.73. The molecule has 0 aliphatic carbocycles. The van der Waals surface area contributed by atoms with Gasteiger partial charge in [0.25, 0.3) is 0 Å². The summed E-state index contributed by atoms with van der Waals surface area (Å²) in [4.78, 5) is 0. The molecule has 1 fully saturated rings. The van der Waals surface area contributed by atoms with Gasteiger partial charge in [-0.2, -0.15) is 11.8 Å². The number of hydrogen-bond donors (Lipinski definition) is 1. The lowest BCUT2D eigenvalue weighted by atomic mass is 10.0. The minimum atomic E-state index is 0.773. The summed E-state index contributed by atoms with van der Waals surface area (Å²) < 4.78 is 0. The van der Waals surface area contributed by atoms with Gasteiger partial charge in [0.2, 0.25) is 0 Å². The van der Waals surface area contributed by atoms with Crippen LogP contribution in [0.3, 0.4) is 0 Å². The molecular weight excluding hydrogens is 190 g/mol. The minimum absolute atomic E-state index is 0.773.